The van der Waals surface area contributed by atoms with Gasteiger partial charge in [0.05, 0.1) is 11.4 Å². The molecule has 0 radical (unpaired) electrons. The molecule has 4 nitrogen and oxygen atoms in total. The Balaban J connectivity index is 1.50. The van der Waals surface area contributed by atoms with Crippen molar-refractivity contribution >= 4 is 22.9 Å². The number of nitrogens with zero attached hydrogens (tertiary/aromatic N) is 2. The van der Waals surface area contributed by atoms with E-state index >= 15 is 0 Å². The number of hydrogen-bond donors (Lipinski definition) is 1. The molecule has 2 heterocycles. The lowest BCUT2D eigenvalue weighted by Crippen LogP contribution is -2.28. The lowest BCUT2D eigenvalue weighted by atomic mass is 9.90. The number of pyridine rings is 1. The number of rotatable bonds is 3. The number of anilines is 1. The van der Waals surface area contributed by atoms with E-state index in [4.69, 9.17) is 4.98 Å². The highest BCUT2D eigenvalue weighted by Gasteiger charge is 2.28. The van der Waals surface area contributed by atoms with Gasteiger partial charge < -0.3 is 5.32 Å². The Morgan fingerprint density at radius 1 is 1.23 bits per heavy atom. The number of benzene rings is 1. The third kappa shape index (κ3) is 3.40. The number of nitrogens with one attached hydrogen (secondary N) is 1. The minimum atomic E-state index is -0.000514. The monoisotopic (exact) mass is 363 g/mol. The van der Waals surface area contributed by atoms with Gasteiger partial charge in [-0.15, -0.1) is 11.3 Å². The number of aryl methyl sites for hydroxylation is 3. The molecule has 1 aromatic carbocycles. The molecular weight excluding hydrogens is 342 g/mol. The summed E-state index contributed by atoms with van der Waals surface area (Å²) in [5, 5.41) is 4.07. The van der Waals surface area contributed by atoms with Crippen molar-refractivity contribution in [2.75, 3.05) is 5.32 Å². The van der Waals surface area contributed by atoms with Gasteiger partial charge in [-0.05, 0) is 62.4 Å². The number of fused-ring (bicyclic) bond motifs is 1. The highest BCUT2D eigenvalue weighted by Crippen LogP contribution is 2.34. The molecule has 26 heavy (non-hydrogen) atoms. The van der Waals surface area contributed by atoms with Gasteiger partial charge >= 0.3 is 0 Å². The topological polar surface area (TPSA) is 54.9 Å². The summed E-state index contributed by atoms with van der Waals surface area (Å²) in [5.41, 5.74) is 5.20. The first-order valence-electron chi connectivity index (χ1n) is 8.88. The number of thiazole rings is 1. The van der Waals surface area contributed by atoms with Gasteiger partial charge in [0.15, 0.2) is 0 Å². The minimum absolute atomic E-state index is 0.000514. The highest BCUT2D eigenvalue weighted by atomic mass is 32.1. The quantitative estimate of drug-likeness (QED) is 0.742. The summed E-state index contributed by atoms with van der Waals surface area (Å²) >= 11 is 1.67. The van der Waals surface area contributed by atoms with Gasteiger partial charge in [-0.3, -0.25) is 9.78 Å². The fourth-order valence-corrected chi connectivity index (χ4v) is 4.47. The zero-order valence-corrected chi connectivity index (χ0v) is 15.8. The predicted molar refractivity (Wildman–Crippen MR) is 105 cm³/mol. The number of hydrogen-bond acceptors (Lipinski definition) is 4. The molecule has 5 heteroatoms. The van der Waals surface area contributed by atoms with E-state index in [1.54, 1.807) is 17.5 Å². The van der Waals surface area contributed by atoms with E-state index < -0.39 is 0 Å². The molecule has 1 aliphatic rings. The van der Waals surface area contributed by atoms with Crippen molar-refractivity contribution in [3.63, 3.8) is 0 Å². The maximum absolute atomic E-state index is 12.8. The lowest BCUT2D eigenvalue weighted by Gasteiger charge is -2.21. The van der Waals surface area contributed by atoms with Crippen LogP contribution in [0.25, 0.3) is 10.7 Å². The Morgan fingerprint density at radius 2 is 2.12 bits per heavy atom. The summed E-state index contributed by atoms with van der Waals surface area (Å²) < 4.78 is 0. The second-order valence-corrected chi connectivity index (χ2v) is 7.93. The van der Waals surface area contributed by atoms with Crippen LogP contribution in [0.1, 0.15) is 28.1 Å². The number of carbonyl (C=O) groups excluding carboxylic acids is 1. The minimum Gasteiger partial charge on any atom is -0.326 e. The molecule has 1 unspecified atom stereocenters. The summed E-state index contributed by atoms with van der Waals surface area (Å²) in [6.45, 7) is 4.06. The molecule has 0 saturated carbocycles. The Kier molecular flexibility index (Phi) is 4.55. The van der Waals surface area contributed by atoms with Crippen LogP contribution in [0.5, 0.6) is 0 Å². The fraction of sp³-hybridized carbons (Fsp3) is 0.286. The molecule has 3 aromatic rings. The Morgan fingerprint density at radius 3 is 2.92 bits per heavy atom. The second-order valence-electron chi connectivity index (χ2n) is 6.85. The van der Waals surface area contributed by atoms with Gasteiger partial charge in [-0.25, -0.2) is 4.98 Å². The van der Waals surface area contributed by atoms with Crippen LogP contribution in [0.4, 0.5) is 5.69 Å². The predicted octanol–water partition coefficient (Wildman–Crippen LogP) is 4.57. The van der Waals surface area contributed by atoms with Gasteiger partial charge in [-0.2, -0.15) is 0 Å². The largest absolute Gasteiger partial charge is 0.326 e. The van der Waals surface area contributed by atoms with Crippen molar-refractivity contribution in [2.45, 2.75) is 33.1 Å². The Labute approximate surface area is 157 Å². The summed E-state index contributed by atoms with van der Waals surface area (Å²) in [6, 6.07) is 12.0. The van der Waals surface area contributed by atoms with Gasteiger partial charge in [-0.1, -0.05) is 18.2 Å². The van der Waals surface area contributed by atoms with Gasteiger partial charge in [0.1, 0.15) is 5.01 Å². The number of amides is 1. The van der Waals surface area contributed by atoms with Crippen molar-refractivity contribution in [2.24, 2.45) is 5.92 Å². The molecule has 0 fully saturated rings. The van der Waals surface area contributed by atoms with Crippen LogP contribution in [0.3, 0.4) is 0 Å². The third-order valence-electron chi connectivity index (χ3n) is 4.85. The molecule has 2 aromatic heterocycles. The highest BCUT2D eigenvalue weighted by molar-refractivity contribution is 7.15. The van der Waals surface area contributed by atoms with E-state index in [-0.39, 0.29) is 11.8 Å². The number of aromatic nitrogens is 2. The molecule has 4 rings (SSSR count). The molecule has 0 bridgehead atoms. The summed E-state index contributed by atoms with van der Waals surface area (Å²) in [6.07, 6.45) is 4.24. The molecule has 1 amide bonds. The van der Waals surface area contributed by atoms with Crippen LogP contribution < -0.4 is 5.32 Å². The van der Waals surface area contributed by atoms with E-state index in [2.05, 4.69) is 16.4 Å². The van der Waals surface area contributed by atoms with E-state index in [1.807, 2.05) is 44.2 Å². The SMILES string of the molecule is Cc1ccc(C)c(NC(=O)C2CCc3nc(-c4ccccn4)sc3C2)c1. The smallest absolute Gasteiger partial charge is 0.227 e. The van der Waals surface area contributed by atoms with E-state index in [0.717, 1.165) is 52.5 Å². The van der Waals surface area contributed by atoms with Crippen LogP contribution in [0, 0.1) is 19.8 Å². The maximum Gasteiger partial charge on any atom is 0.227 e. The number of carbonyl (C=O) groups is 1. The third-order valence-corrected chi connectivity index (χ3v) is 5.99. The first kappa shape index (κ1) is 16.9. The van der Waals surface area contributed by atoms with Crippen molar-refractivity contribution in [3.8, 4) is 10.7 Å². The van der Waals surface area contributed by atoms with Gasteiger partial charge in [0.2, 0.25) is 5.91 Å². The Bertz CT molecular complexity index is 949. The van der Waals surface area contributed by atoms with Gasteiger partial charge in [0.25, 0.3) is 0 Å². The summed E-state index contributed by atoms with van der Waals surface area (Å²) in [5.74, 6) is 0.108. The molecule has 1 aliphatic carbocycles. The summed E-state index contributed by atoms with van der Waals surface area (Å²) in [7, 11) is 0. The van der Waals surface area contributed by atoms with Crippen LogP contribution in [-0.2, 0) is 17.6 Å². The molecule has 0 saturated heterocycles. The van der Waals surface area contributed by atoms with Crippen molar-refractivity contribution in [3.05, 3.63) is 64.3 Å². The average Bonchev–Trinajstić information content (AvgIpc) is 3.08. The maximum atomic E-state index is 12.8. The van der Waals surface area contributed by atoms with Crippen LogP contribution in [0.15, 0.2) is 42.6 Å². The molecule has 0 aliphatic heterocycles. The molecular formula is C21H21N3OS. The lowest BCUT2D eigenvalue weighted by molar-refractivity contribution is -0.120. The second kappa shape index (κ2) is 7.00. The molecule has 132 valence electrons. The van der Waals surface area contributed by atoms with E-state index in [9.17, 15) is 4.79 Å². The Hall–Kier alpha value is -2.53. The van der Waals surface area contributed by atoms with Crippen molar-refractivity contribution in [1.82, 2.24) is 9.97 Å². The zero-order chi connectivity index (χ0) is 18.1. The average molecular weight is 363 g/mol. The molecule has 0 spiro atoms. The normalized spacial score (nSPS) is 16.2. The fourth-order valence-electron chi connectivity index (χ4n) is 3.30. The van der Waals surface area contributed by atoms with Crippen LogP contribution in [-0.4, -0.2) is 15.9 Å². The van der Waals surface area contributed by atoms with Gasteiger partial charge in [0, 0.05) is 22.7 Å². The van der Waals surface area contributed by atoms with Crippen LogP contribution >= 0.6 is 11.3 Å². The standard InChI is InChI=1S/C21H21N3OS/c1-13-6-7-14(2)18(11-13)23-20(25)15-8-9-16-19(12-15)26-21(24-16)17-5-3-4-10-22-17/h3-7,10-11,15H,8-9,12H2,1-2H3,(H,23,25). The van der Waals surface area contributed by atoms with E-state index in [1.165, 1.54) is 4.88 Å². The van der Waals surface area contributed by atoms with Crippen molar-refractivity contribution < 1.29 is 4.79 Å². The van der Waals surface area contributed by atoms with E-state index in [0.29, 0.717) is 0 Å². The zero-order valence-electron chi connectivity index (χ0n) is 15.0. The first-order chi connectivity index (χ1) is 12.6. The molecule has 1 N–H and O–H groups in total. The first-order valence-corrected chi connectivity index (χ1v) is 9.70. The summed E-state index contributed by atoms with van der Waals surface area (Å²) in [4.78, 5) is 23.1. The molecule has 1 atom stereocenters. The van der Waals surface area contributed by atoms with Crippen LogP contribution in [0.2, 0.25) is 0 Å². The van der Waals surface area contributed by atoms with Crippen molar-refractivity contribution in [1.29, 1.82) is 0 Å².